The van der Waals surface area contributed by atoms with Gasteiger partial charge in [-0.15, -0.1) is 0 Å². The molecule has 10 nitrogen and oxygen atoms in total. The van der Waals surface area contributed by atoms with E-state index in [9.17, 15) is 13.2 Å². The lowest BCUT2D eigenvalue weighted by atomic mass is 10.1. The molecule has 1 saturated heterocycles. The van der Waals surface area contributed by atoms with Gasteiger partial charge in [0.05, 0.1) is 23.4 Å². The number of hydrogen-bond donors (Lipinski definition) is 2. The molecule has 0 aliphatic carbocycles. The normalized spacial score (nSPS) is 17.2. The summed E-state index contributed by atoms with van der Waals surface area (Å²) < 4.78 is 31.0. The second-order valence-corrected chi connectivity index (χ2v) is 10.7. The van der Waals surface area contributed by atoms with Crippen LogP contribution in [0.3, 0.4) is 0 Å². The first kappa shape index (κ1) is 24.1. The fourth-order valence-electron chi connectivity index (χ4n) is 4.28. The molecule has 4 rings (SSSR count). The van der Waals surface area contributed by atoms with Gasteiger partial charge in [-0.25, -0.2) is 18.4 Å². The first-order valence-corrected chi connectivity index (χ1v) is 13.0. The van der Waals surface area contributed by atoms with Crippen LogP contribution < -0.4 is 11.1 Å². The van der Waals surface area contributed by atoms with Crippen molar-refractivity contribution in [2.75, 3.05) is 45.3 Å². The van der Waals surface area contributed by atoms with Crippen LogP contribution in [0.25, 0.3) is 16.9 Å². The summed E-state index contributed by atoms with van der Waals surface area (Å²) in [7, 11) is -1.71. The Kier molecular flexibility index (Phi) is 6.87. The number of nitrogens with one attached hydrogen (secondary N) is 1. The SMILES string of the molecule is COCCN1CCCC(NC(=O)c2cn3c(-c4cc(S(C)(=O)=O)ccc4C)cnc3c(N)n2)C1. The highest BCUT2D eigenvalue weighted by Gasteiger charge is 2.23. The fourth-order valence-corrected chi connectivity index (χ4v) is 4.93. The van der Waals surface area contributed by atoms with Gasteiger partial charge in [0.2, 0.25) is 0 Å². The summed E-state index contributed by atoms with van der Waals surface area (Å²) in [6, 6.07) is 4.95. The summed E-state index contributed by atoms with van der Waals surface area (Å²) in [5.41, 5.74) is 8.91. The Morgan fingerprint density at radius 2 is 2.15 bits per heavy atom. The number of amides is 1. The van der Waals surface area contributed by atoms with Gasteiger partial charge in [-0.05, 0) is 44.0 Å². The van der Waals surface area contributed by atoms with Gasteiger partial charge in [-0.3, -0.25) is 14.1 Å². The number of hydrogen-bond acceptors (Lipinski definition) is 8. The van der Waals surface area contributed by atoms with Gasteiger partial charge >= 0.3 is 0 Å². The van der Waals surface area contributed by atoms with Crippen LogP contribution in [0.2, 0.25) is 0 Å². The van der Waals surface area contributed by atoms with Crippen LogP contribution in [-0.4, -0.2) is 79.2 Å². The first-order chi connectivity index (χ1) is 16.2. The van der Waals surface area contributed by atoms with Crippen molar-refractivity contribution in [3.63, 3.8) is 0 Å². The average Bonchev–Trinajstić information content (AvgIpc) is 3.22. The van der Waals surface area contributed by atoms with E-state index in [1.807, 2.05) is 6.92 Å². The number of methoxy groups -OCH3 is 1. The zero-order chi connectivity index (χ0) is 24.5. The van der Waals surface area contributed by atoms with Crippen LogP contribution in [0.4, 0.5) is 5.82 Å². The third-order valence-corrected chi connectivity index (χ3v) is 7.23. The first-order valence-electron chi connectivity index (χ1n) is 11.1. The lowest BCUT2D eigenvalue weighted by molar-refractivity contribution is 0.0873. The van der Waals surface area contributed by atoms with Crippen LogP contribution in [0, 0.1) is 6.92 Å². The van der Waals surface area contributed by atoms with Gasteiger partial charge in [0, 0.05) is 44.3 Å². The molecule has 182 valence electrons. The predicted molar refractivity (Wildman–Crippen MR) is 129 cm³/mol. The molecular formula is C23H30N6O4S. The second-order valence-electron chi connectivity index (χ2n) is 8.70. The minimum absolute atomic E-state index is 0.00720. The third-order valence-electron chi connectivity index (χ3n) is 6.12. The number of sulfone groups is 1. The molecule has 11 heteroatoms. The number of nitrogens with zero attached hydrogens (tertiary/aromatic N) is 4. The van der Waals surface area contributed by atoms with Crippen molar-refractivity contribution < 1.29 is 17.9 Å². The molecule has 1 aromatic carbocycles. The number of likely N-dealkylation sites (tertiary alicyclic amines) is 1. The molecule has 0 spiro atoms. The number of anilines is 1. The molecule has 1 atom stereocenters. The van der Waals surface area contributed by atoms with E-state index in [-0.39, 0.29) is 28.4 Å². The third kappa shape index (κ3) is 5.06. The van der Waals surface area contributed by atoms with Gasteiger partial charge in [-0.2, -0.15) is 0 Å². The Morgan fingerprint density at radius 3 is 2.88 bits per heavy atom. The van der Waals surface area contributed by atoms with E-state index in [0.29, 0.717) is 23.5 Å². The predicted octanol–water partition coefficient (Wildman–Crippen LogP) is 1.53. The monoisotopic (exact) mass is 486 g/mol. The highest BCUT2D eigenvalue weighted by atomic mass is 32.2. The second kappa shape index (κ2) is 9.69. The van der Waals surface area contributed by atoms with Crippen LogP contribution in [0.15, 0.2) is 35.5 Å². The van der Waals surface area contributed by atoms with E-state index < -0.39 is 9.84 Å². The van der Waals surface area contributed by atoms with E-state index in [0.717, 1.165) is 38.0 Å². The minimum atomic E-state index is -3.39. The van der Waals surface area contributed by atoms with Crippen molar-refractivity contribution in [3.05, 3.63) is 41.9 Å². The molecule has 2 aromatic heterocycles. The topological polar surface area (TPSA) is 132 Å². The molecule has 1 unspecified atom stereocenters. The zero-order valence-electron chi connectivity index (χ0n) is 19.6. The number of aromatic nitrogens is 3. The van der Waals surface area contributed by atoms with E-state index in [2.05, 4.69) is 20.2 Å². The Balaban J connectivity index is 1.64. The summed E-state index contributed by atoms with van der Waals surface area (Å²) >= 11 is 0. The van der Waals surface area contributed by atoms with Gasteiger partial charge in [0.25, 0.3) is 5.91 Å². The number of nitrogens with two attached hydrogens (primary N) is 1. The van der Waals surface area contributed by atoms with Gasteiger partial charge in [0.15, 0.2) is 21.3 Å². The Bertz CT molecular complexity index is 1320. The summed E-state index contributed by atoms with van der Waals surface area (Å²) in [4.78, 5) is 24.2. The quantitative estimate of drug-likeness (QED) is 0.514. The largest absolute Gasteiger partial charge is 0.383 e. The molecule has 34 heavy (non-hydrogen) atoms. The maximum absolute atomic E-state index is 13.1. The van der Waals surface area contributed by atoms with E-state index in [4.69, 9.17) is 10.5 Å². The Hall–Kier alpha value is -3.02. The van der Waals surface area contributed by atoms with Crippen LogP contribution in [-0.2, 0) is 14.6 Å². The number of ether oxygens (including phenoxy) is 1. The summed E-state index contributed by atoms with van der Waals surface area (Å²) in [5.74, 6) is -0.186. The number of rotatable bonds is 7. The molecule has 1 amide bonds. The summed E-state index contributed by atoms with van der Waals surface area (Å²) in [5, 5.41) is 3.07. The smallest absolute Gasteiger partial charge is 0.271 e. The van der Waals surface area contributed by atoms with Crippen LogP contribution in [0.5, 0.6) is 0 Å². The number of fused-ring (bicyclic) bond motifs is 1. The zero-order valence-corrected chi connectivity index (χ0v) is 20.4. The minimum Gasteiger partial charge on any atom is -0.383 e. The number of benzene rings is 1. The van der Waals surface area contributed by atoms with E-state index in [1.54, 1.807) is 42.1 Å². The average molecular weight is 487 g/mol. The molecular weight excluding hydrogens is 456 g/mol. The molecule has 1 fully saturated rings. The van der Waals surface area contributed by atoms with E-state index >= 15 is 0 Å². The summed E-state index contributed by atoms with van der Waals surface area (Å²) in [6.07, 6.45) is 6.26. The summed E-state index contributed by atoms with van der Waals surface area (Å²) in [6.45, 7) is 5.10. The number of imidazole rings is 1. The number of carbonyl (C=O) groups excluding carboxylic acids is 1. The number of carbonyl (C=O) groups is 1. The lowest BCUT2D eigenvalue weighted by Gasteiger charge is -2.32. The molecule has 0 saturated carbocycles. The maximum atomic E-state index is 13.1. The van der Waals surface area contributed by atoms with E-state index in [1.165, 1.54) is 6.26 Å². The van der Waals surface area contributed by atoms with Crippen molar-refractivity contribution in [1.82, 2.24) is 24.6 Å². The van der Waals surface area contributed by atoms with Crippen molar-refractivity contribution in [2.24, 2.45) is 0 Å². The van der Waals surface area contributed by atoms with Crippen molar-refractivity contribution in [1.29, 1.82) is 0 Å². The van der Waals surface area contributed by atoms with Crippen molar-refractivity contribution >= 4 is 27.2 Å². The maximum Gasteiger partial charge on any atom is 0.271 e. The lowest BCUT2D eigenvalue weighted by Crippen LogP contribution is -2.48. The van der Waals surface area contributed by atoms with Gasteiger partial charge < -0.3 is 15.8 Å². The standard InChI is InChI=1S/C23H30N6O4S/c1-15-6-7-17(34(3,31)32)11-18(15)20-12-25-22-21(24)27-19(14-29(20)22)23(30)26-16-5-4-8-28(13-16)9-10-33-2/h6-7,11-12,14,16H,4-5,8-10,13H2,1-3H3,(H2,24,27)(H,26,30). The van der Waals surface area contributed by atoms with Gasteiger partial charge in [-0.1, -0.05) is 6.07 Å². The molecule has 0 bridgehead atoms. The highest BCUT2D eigenvalue weighted by Crippen LogP contribution is 2.28. The molecule has 1 aliphatic heterocycles. The van der Waals surface area contributed by atoms with Crippen LogP contribution in [0.1, 0.15) is 28.9 Å². The van der Waals surface area contributed by atoms with Crippen molar-refractivity contribution in [3.8, 4) is 11.3 Å². The molecule has 1 aliphatic rings. The molecule has 0 radical (unpaired) electrons. The number of aryl methyl sites for hydroxylation is 1. The number of piperidine rings is 1. The van der Waals surface area contributed by atoms with Gasteiger partial charge in [0.1, 0.15) is 5.69 Å². The fraction of sp³-hybridized carbons (Fsp3) is 0.435. The molecule has 3 N–H and O–H groups in total. The molecule has 3 heterocycles. The Labute approximate surface area is 199 Å². The van der Waals surface area contributed by atoms with Crippen LogP contribution >= 0.6 is 0 Å². The highest BCUT2D eigenvalue weighted by molar-refractivity contribution is 7.90. The van der Waals surface area contributed by atoms with Crippen molar-refractivity contribution in [2.45, 2.75) is 30.7 Å². The number of nitrogen functional groups attached to an aromatic ring is 1. The Morgan fingerprint density at radius 1 is 1.35 bits per heavy atom. The molecule has 3 aromatic rings.